The molecule has 0 saturated heterocycles. The minimum atomic E-state index is -0.808. The van der Waals surface area contributed by atoms with E-state index in [9.17, 15) is 18.8 Å². The van der Waals surface area contributed by atoms with E-state index in [-0.39, 0.29) is 23.8 Å². The highest BCUT2D eigenvalue weighted by atomic mass is 35.5. The molecule has 8 heteroatoms. The summed E-state index contributed by atoms with van der Waals surface area (Å²) >= 11 is 5.95. The number of rotatable bonds is 5. The molecule has 0 radical (unpaired) electrons. The van der Waals surface area contributed by atoms with E-state index in [1.54, 1.807) is 18.2 Å². The maximum atomic E-state index is 14.1. The number of carbonyl (C=O) groups is 3. The van der Waals surface area contributed by atoms with E-state index < -0.39 is 30.1 Å². The Morgan fingerprint density at radius 1 is 1.25 bits per heavy atom. The third-order valence-corrected chi connectivity index (χ3v) is 4.43. The van der Waals surface area contributed by atoms with Crippen molar-refractivity contribution in [3.8, 4) is 5.75 Å². The number of nitrogens with one attached hydrogen (secondary N) is 1. The molecule has 0 aliphatic carbocycles. The van der Waals surface area contributed by atoms with E-state index in [2.05, 4.69) is 5.32 Å². The van der Waals surface area contributed by atoms with Crippen LogP contribution in [0.3, 0.4) is 0 Å². The highest BCUT2D eigenvalue weighted by Crippen LogP contribution is 2.30. The van der Waals surface area contributed by atoms with E-state index in [4.69, 9.17) is 21.1 Å². The number of Topliss-reactive ketones (excluding diaryl/α,β-unsaturated/α-hetero) is 1. The normalized spacial score (nSPS) is 15.2. The Bertz CT molecular complexity index is 946. The zero-order valence-corrected chi connectivity index (χ0v) is 15.7. The van der Waals surface area contributed by atoms with E-state index in [1.807, 2.05) is 0 Å². The first kappa shape index (κ1) is 19.8. The molecule has 1 aliphatic rings. The van der Waals surface area contributed by atoms with Crippen LogP contribution in [0.4, 0.5) is 10.1 Å². The van der Waals surface area contributed by atoms with Crippen LogP contribution < -0.4 is 10.1 Å². The van der Waals surface area contributed by atoms with Crippen LogP contribution in [0.25, 0.3) is 0 Å². The van der Waals surface area contributed by atoms with Gasteiger partial charge in [0.1, 0.15) is 18.2 Å². The summed E-state index contributed by atoms with van der Waals surface area (Å²) in [6, 6.07) is 8.81. The predicted molar refractivity (Wildman–Crippen MR) is 100 cm³/mol. The molecule has 0 fully saturated rings. The number of esters is 1. The summed E-state index contributed by atoms with van der Waals surface area (Å²) in [6.45, 7) is 0.827. The van der Waals surface area contributed by atoms with E-state index in [0.717, 1.165) is 11.6 Å². The van der Waals surface area contributed by atoms with Crippen molar-refractivity contribution in [2.75, 3.05) is 18.5 Å². The third-order valence-electron chi connectivity index (χ3n) is 4.20. The first-order valence-electron chi connectivity index (χ1n) is 8.51. The third kappa shape index (κ3) is 4.67. The van der Waals surface area contributed by atoms with Crippen molar-refractivity contribution in [3.05, 3.63) is 58.4 Å². The number of ether oxygens (including phenoxy) is 2. The molecule has 2 aromatic carbocycles. The van der Waals surface area contributed by atoms with Crippen molar-refractivity contribution in [1.29, 1.82) is 0 Å². The molecule has 1 heterocycles. The van der Waals surface area contributed by atoms with Crippen LogP contribution in [0.2, 0.25) is 5.02 Å². The second-order valence-corrected chi connectivity index (χ2v) is 6.81. The second-order valence-electron chi connectivity index (χ2n) is 6.37. The largest absolute Gasteiger partial charge is 0.492 e. The van der Waals surface area contributed by atoms with Gasteiger partial charge in [-0.1, -0.05) is 11.6 Å². The molecule has 0 unspecified atom stereocenters. The number of anilines is 1. The molecule has 0 spiro atoms. The van der Waals surface area contributed by atoms with Crippen molar-refractivity contribution < 1.29 is 28.2 Å². The number of benzene rings is 2. The van der Waals surface area contributed by atoms with E-state index in [1.165, 1.54) is 19.1 Å². The average Bonchev–Trinajstić information content (AvgIpc) is 2.64. The standard InChI is InChI=1S/C20H17ClFNO5/c1-11(24)23-15-3-4-16(17(22)8-15)18(25)10-28-20(26)13-6-12-7-14(21)2-5-19(12)27-9-13/h2-5,7-8,13H,6,9-10H2,1H3,(H,23,24)/t13-/m1/s1. The molecule has 1 aliphatic heterocycles. The lowest BCUT2D eigenvalue weighted by Gasteiger charge is -2.24. The summed E-state index contributed by atoms with van der Waals surface area (Å²) in [7, 11) is 0. The first-order valence-corrected chi connectivity index (χ1v) is 8.89. The molecule has 3 rings (SSSR count). The number of hydrogen-bond donors (Lipinski definition) is 1. The average molecular weight is 406 g/mol. The van der Waals surface area contributed by atoms with Crippen LogP contribution in [0, 0.1) is 11.7 Å². The summed E-state index contributed by atoms with van der Waals surface area (Å²) < 4.78 is 24.7. The summed E-state index contributed by atoms with van der Waals surface area (Å²) in [6.07, 6.45) is 0.378. The Morgan fingerprint density at radius 3 is 2.75 bits per heavy atom. The Morgan fingerprint density at radius 2 is 2.04 bits per heavy atom. The van der Waals surface area contributed by atoms with Gasteiger partial charge in [-0.2, -0.15) is 0 Å². The summed E-state index contributed by atoms with van der Waals surface area (Å²) in [5.41, 5.74) is 0.792. The number of fused-ring (bicyclic) bond motifs is 1. The molecule has 1 N–H and O–H groups in total. The van der Waals surface area contributed by atoms with E-state index in [0.29, 0.717) is 17.2 Å². The molecule has 28 heavy (non-hydrogen) atoms. The molecule has 0 aromatic heterocycles. The molecule has 1 amide bonds. The smallest absolute Gasteiger partial charge is 0.313 e. The van der Waals surface area contributed by atoms with Crippen molar-refractivity contribution >= 4 is 34.9 Å². The van der Waals surface area contributed by atoms with Crippen molar-refractivity contribution in [1.82, 2.24) is 0 Å². The molecule has 2 aromatic rings. The van der Waals surface area contributed by atoms with Crippen molar-refractivity contribution in [3.63, 3.8) is 0 Å². The number of amides is 1. The Labute approximate surface area is 165 Å². The topological polar surface area (TPSA) is 81.7 Å². The van der Waals surface area contributed by atoms with Gasteiger partial charge in [0.25, 0.3) is 0 Å². The molecule has 6 nitrogen and oxygen atoms in total. The number of ketones is 1. The van der Waals surface area contributed by atoms with Gasteiger partial charge in [-0.3, -0.25) is 14.4 Å². The number of halogens is 2. The molecule has 0 saturated carbocycles. The van der Waals surface area contributed by atoms with Gasteiger partial charge in [0.2, 0.25) is 11.7 Å². The Hall–Kier alpha value is -2.93. The van der Waals surface area contributed by atoms with Crippen molar-refractivity contribution in [2.45, 2.75) is 13.3 Å². The summed E-state index contributed by atoms with van der Waals surface area (Å²) in [5.74, 6) is -2.37. The quantitative estimate of drug-likeness (QED) is 0.609. The fourth-order valence-electron chi connectivity index (χ4n) is 2.87. The molecular weight excluding hydrogens is 389 g/mol. The minimum absolute atomic E-state index is 0.126. The lowest BCUT2D eigenvalue weighted by Crippen LogP contribution is -2.31. The summed E-state index contributed by atoms with van der Waals surface area (Å²) in [4.78, 5) is 35.4. The highest BCUT2D eigenvalue weighted by molar-refractivity contribution is 6.30. The lowest BCUT2D eigenvalue weighted by atomic mass is 9.97. The molecule has 146 valence electrons. The zero-order chi connectivity index (χ0) is 20.3. The van der Waals surface area contributed by atoms with Gasteiger partial charge < -0.3 is 14.8 Å². The maximum Gasteiger partial charge on any atom is 0.313 e. The fourth-order valence-corrected chi connectivity index (χ4v) is 3.06. The fraction of sp³-hybridized carbons (Fsp3) is 0.250. The monoisotopic (exact) mass is 405 g/mol. The lowest BCUT2D eigenvalue weighted by molar-refractivity contribution is -0.148. The predicted octanol–water partition coefficient (Wildman–Crippen LogP) is 3.41. The minimum Gasteiger partial charge on any atom is -0.492 e. The number of hydrogen-bond acceptors (Lipinski definition) is 5. The van der Waals surface area contributed by atoms with Crippen LogP contribution in [0.1, 0.15) is 22.8 Å². The van der Waals surface area contributed by atoms with E-state index >= 15 is 0 Å². The molecule has 1 atom stereocenters. The SMILES string of the molecule is CC(=O)Nc1ccc(C(=O)COC(=O)[C@H]2COc3ccc(Cl)cc3C2)c(F)c1. The van der Waals surface area contributed by atoms with Gasteiger partial charge in [-0.15, -0.1) is 0 Å². The van der Waals surface area contributed by atoms with Crippen LogP contribution in [-0.2, 0) is 20.7 Å². The second kappa shape index (κ2) is 8.39. The van der Waals surface area contributed by atoms with Crippen LogP contribution in [-0.4, -0.2) is 30.9 Å². The van der Waals surface area contributed by atoms with Gasteiger partial charge in [0.15, 0.2) is 6.61 Å². The van der Waals surface area contributed by atoms with Crippen LogP contribution in [0.15, 0.2) is 36.4 Å². The van der Waals surface area contributed by atoms with Crippen LogP contribution in [0.5, 0.6) is 5.75 Å². The highest BCUT2D eigenvalue weighted by Gasteiger charge is 2.28. The molecular formula is C20H17ClFNO5. The Kier molecular flexibility index (Phi) is 5.94. The van der Waals surface area contributed by atoms with Gasteiger partial charge in [0, 0.05) is 17.6 Å². The zero-order valence-electron chi connectivity index (χ0n) is 15.0. The van der Waals surface area contributed by atoms with Gasteiger partial charge in [0.05, 0.1) is 11.5 Å². The molecule has 0 bridgehead atoms. The van der Waals surface area contributed by atoms with Crippen LogP contribution >= 0.6 is 11.6 Å². The summed E-state index contributed by atoms with van der Waals surface area (Å²) in [5, 5.41) is 2.95. The van der Waals surface area contributed by atoms with Gasteiger partial charge in [-0.25, -0.2) is 4.39 Å². The first-order chi connectivity index (χ1) is 13.3. The Balaban J connectivity index is 1.59. The van der Waals surface area contributed by atoms with Crippen molar-refractivity contribution in [2.24, 2.45) is 5.92 Å². The van der Waals surface area contributed by atoms with Gasteiger partial charge in [-0.05, 0) is 48.4 Å². The maximum absolute atomic E-state index is 14.1. The van der Waals surface area contributed by atoms with Gasteiger partial charge >= 0.3 is 5.97 Å². The number of carbonyl (C=O) groups excluding carboxylic acids is 3.